The molecule has 0 aromatic carbocycles. The van der Waals surface area contributed by atoms with E-state index >= 15 is 0 Å². The highest BCUT2D eigenvalue weighted by Crippen LogP contribution is 2.36. The van der Waals surface area contributed by atoms with Crippen molar-refractivity contribution in [2.45, 2.75) is 57.0 Å². The summed E-state index contributed by atoms with van der Waals surface area (Å²) in [5, 5.41) is 5.45. The average Bonchev–Trinajstić information content (AvgIpc) is 3.47. The third kappa shape index (κ3) is 3.60. The number of fused-ring (bicyclic) bond motifs is 3. The van der Waals surface area contributed by atoms with Crippen molar-refractivity contribution in [3.8, 4) is 0 Å². The third-order valence-corrected chi connectivity index (χ3v) is 7.54. The number of nitrogens with zero attached hydrogens (tertiary/aromatic N) is 4. The Bertz CT molecular complexity index is 1240. The normalized spacial score (nSPS) is 16.3. The molecule has 1 aliphatic rings. The summed E-state index contributed by atoms with van der Waals surface area (Å²) in [5.74, 6) is 3.08. The molecule has 30 heavy (non-hydrogen) atoms. The first-order chi connectivity index (χ1) is 14.6. The molecule has 0 saturated heterocycles. The molecule has 1 aliphatic carbocycles. The second-order valence-electron chi connectivity index (χ2n) is 7.64. The third-order valence-electron chi connectivity index (χ3n) is 5.42. The van der Waals surface area contributed by atoms with Crippen LogP contribution in [0.1, 0.15) is 48.2 Å². The second kappa shape index (κ2) is 8.03. The molecule has 5 rings (SSSR count). The van der Waals surface area contributed by atoms with Gasteiger partial charge in [-0.25, -0.2) is 4.98 Å². The van der Waals surface area contributed by atoms with E-state index in [-0.39, 0.29) is 5.56 Å². The van der Waals surface area contributed by atoms with Crippen molar-refractivity contribution in [1.82, 2.24) is 19.7 Å². The second-order valence-corrected chi connectivity index (χ2v) is 9.67. The standard InChI is InChI=1S/C21H22N4O3S2/c1-3-17-22-16(24-28-17)11-29-21-23-19-18(14-7-6-12(2)9-15(14)30-19)20(26)25(21)10-13-5-4-8-27-13/h4-5,8,12H,3,6-7,9-11H2,1-2H3. The van der Waals surface area contributed by atoms with E-state index in [2.05, 4.69) is 17.1 Å². The van der Waals surface area contributed by atoms with Crippen molar-refractivity contribution in [1.29, 1.82) is 0 Å². The summed E-state index contributed by atoms with van der Waals surface area (Å²) in [5.41, 5.74) is 1.20. The molecule has 1 atom stereocenters. The van der Waals surface area contributed by atoms with Crippen LogP contribution < -0.4 is 5.56 Å². The van der Waals surface area contributed by atoms with Gasteiger partial charge in [0.05, 0.1) is 23.9 Å². The molecule has 4 aromatic heterocycles. The summed E-state index contributed by atoms with van der Waals surface area (Å²) >= 11 is 3.12. The summed E-state index contributed by atoms with van der Waals surface area (Å²) in [6, 6.07) is 3.71. The Labute approximate surface area is 181 Å². The number of aromatic nitrogens is 4. The molecule has 0 saturated carbocycles. The van der Waals surface area contributed by atoms with Gasteiger partial charge in [0.25, 0.3) is 5.56 Å². The lowest BCUT2D eigenvalue weighted by Gasteiger charge is -2.17. The maximum absolute atomic E-state index is 13.6. The average molecular weight is 443 g/mol. The zero-order valence-corrected chi connectivity index (χ0v) is 18.5. The highest BCUT2D eigenvalue weighted by atomic mass is 32.2. The number of furan rings is 1. The zero-order valence-electron chi connectivity index (χ0n) is 16.9. The van der Waals surface area contributed by atoms with Gasteiger partial charge >= 0.3 is 0 Å². The van der Waals surface area contributed by atoms with E-state index in [9.17, 15) is 4.79 Å². The van der Waals surface area contributed by atoms with Crippen LogP contribution in [0.15, 0.2) is 37.3 Å². The fourth-order valence-electron chi connectivity index (χ4n) is 3.83. The predicted octanol–water partition coefficient (Wildman–Crippen LogP) is 4.46. The van der Waals surface area contributed by atoms with Gasteiger partial charge in [-0.15, -0.1) is 11.3 Å². The van der Waals surface area contributed by atoms with Crippen LogP contribution >= 0.6 is 23.1 Å². The molecule has 156 valence electrons. The van der Waals surface area contributed by atoms with Gasteiger partial charge in [0.2, 0.25) is 5.89 Å². The summed E-state index contributed by atoms with van der Waals surface area (Å²) in [7, 11) is 0. The molecule has 4 aromatic rings. The van der Waals surface area contributed by atoms with Crippen molar-refractivity contribution < 1.29 is 8.94 Å². The molecule has 1 unspecified atom stereocenters. The molecular weight excluding hydrogens is 420 g/mol. The van der Waals surface area contributed by atoms with Gasteiger partial charge in [0.15, 0.2) is 11.0 Å². The van der Waals surface area contributed by atoms with Gasteiger partial charge in [-0.05, 0) is 42.9 Å². The van der Waals surface area contributed by atoms with E-state index in [1.54, 1.807) is 22.2 Å². The largest absolute Gasteiger partial charge is 0.467 e. The molecule has 0 fully saturated rings. The van der Waals surface area contributed by atoms with Crippen molar-refractivity contribution >= 4 is 33.3 Å². The summed E-state index contributed by atoms with van der Waals surface area (Å²) < 4.78 is 12.4. The SMILES string of the molecule is CCc1nc(CSc2nc3sc4c(c3c(=O)n2Cc2ccco2)CCC(C)C4)no1. The highest BCUT2D eigenvalue weighted by molar-refractivity contribution is 7.98. The van der Waals surface area contributed by atoms with Crippen molar-refractivity contribution in [3.05, 3.63) is 56.7 Å². The Hall–Kier alpha value is -2.39. The highest BCUT2D eigenvalue weighted by Gasteiger charge is 2.25. The topological polar surface area (TPSA) is 87.0 Å². The van der Waals surface area contributed by atoms with E-state index < -0.39 is 0 Å². The maximum atomic E-state index is 13.6. The molecule has 0 aliphatic heterocycles. The van der Waals surface area contributed by atoms with Gasteiger partial charge in [0, 0.05) is 11.3 Å². The first-order valence-electron chi connectivity index (χ1n) is 10.1. The lowest BCUT2D eigenvalue weighted by molar-refractivity contribution is 0.378. The monoisotopic (exact) mass is 442 g/mol. The number of thiophene rings is 1. The lowest BCUT2D eigenvalue weighted by atomic mass is 9.89. The van der Waals surface area contributed by atoms with Crippen LogP contribution in [0.5, 0.6) is 0 Å². The van der Waals surface area contributed by atoms with E-state index in [0.717, 1.165) is 35.2 Å². The number of rotatable bonds is 6. The van der Waals surface area contributed by atoms with Crippen LogP contribution in [0.3, 0.4) is 0 Å². The smallest absolute Gasteiger partial charge is 0.263 e. The van der Waals surface area contributed by atoms with E-state index in [1.165, 1.54) is 22.2 Å². The van der Waals surface area contributed by atoms with Crippen LogP contribution in [-0.2, 0) is 31.6 Å². The summed E-state index contributed by atoms with van der Waals surface area (Å²) in [6.45, 7) is 4.59. The van der Waals surface area contributed by atoms with Gasteiger partial charge in [0.1, 0.15) is 10.6 Å². The van der Waals surface area contributed by atoms with E-state index in [4.69, 9.17) is 13.9 Å². The minimum Gasteiger partial charge on any atom is -0.467 e. The molecule has 0 amide bonds. The number of hydrogen-bond acceptors (Lipinski definition) is 8. The Kier molecular flexibility index (Phi) is 5.24. The van der Waals surface area contributed by atoms with Crippen LogP contribution in [0.25, 0.3) is 10.2 Å². The molecule has 0 radical (unpaired) electrons. The van der Waals surface area contributed by atoms with Gasteiger partial charge in [-0.2, -0.15) is 4.98 Å². The molecular formula is C21H22N4O3S2. The number of thioether (sulfide) groups is 1. The predicted molar refractivity (Wildman–Crippen MR) is 116 cm³/mol. The Morgan fingerprint density at radius 1 is 1.37 bits per heavy atom. The number of aryl methyl sites for hydroxylation is 2. The van der Waals surface area contributed by atoms with E-state index in [0.29, 0.717) is 41.5 Å². The first kappa shape index (κ1) is 19.6. The van der Waals surface area contributed by atoms with Crippen LogP contribution in [0, 0.1) is 5.92 Å². The Morgan fingerprint density at radius 2 is 2.27 bits per heavy atom. The first-order valence-corrected chi connectivity index (χ1v) is 11.9. The van der Waals surface area contributed by atoms with Crippen molar-refractivity contribution in [2.75, 3.05) is 0 Å². The Balaban J connectivity index is 1.57. The van der Waals surface area contributed by atoms with Crippen LogP contribution in [-0.4, -0.2) is 19.7 Å². The molecule has 9 heteroatoms. The van der Waals surface area contributed by atoms with Crippen molar-refractivity contribution in [2.24, 2.45) is 5.92 Å². The van der Waals surface area contributed by atoms with Crippen LogP contribution in [0.2, 0.25) is 0 Å². The maximum Gasteiger partial charge on any atom is 0.263 e. The zero-order chi connectivity index (χ0) is 20.7. The van der Waals surface area contributed by atoms with Gasteiger partial charge in [-0.3, -0.25) is 9.36 Å². The molecule has 4 heterocycles. The van der Waals surface area contributed by atoms with Crippen molar-refractivity contribution in [3.63, 3.8) is 0 Å². The molecule has 0 N–H and O–H groups in total. The minimum absolute atomic E-state index is 0.00770. The summed E-state index contributed by atoms with van der Waals surface area (Å²) in [6.07, 6.45) is 5.41. The fraction of sp³-hybridized carbons (Fsp3) is 0.429. The molecule has 0 spiro atoms. The summed E-state index contributed by atoms with van der Waals surface area (Å²) in [4.78, 5) is 25.0. The van der Waals surface area contributed by atoms with Gasteiger partial charge < -0.3 is 8.94 Å². The van der Waals surface area contributed by atoms with Gasteiger partial charge in [-0.1, -0.05) is 30.8 Å². The fourth-order valence-corrected chi connectivity index (χ4v) is 6.10. The van der Waals surface area contributed by atoms with Crippen LogP contribution in [0.4, 0.5) is 0 Å². The lowest BCUT2D eigenvalue weighted by Crippen LogP contribution is -2.24. The minimum atomic E-state index is 0.00770. The Morgan fingerprint density at radius 3 is 3.03 bits per heavy atom. The number of hydrogen-bond donors (Lipinski definition) is 0. The molecule has 7 nitrogen and oxygen atoms in total. The van der Waals surface area contributed by atoms with E-state index in [1.807, 2.05) is 19.1 Å². The quantitative estimate of drug-likeness (QED) is 0.322. The molecule has 0 bridgehead atoms.